The lowest BCUT2D eigenvalue weighted by atomic mass is 10.2. The smallest absolute Gasteiger partial charge is 0.411 e. The van der Waals surface area contributed by atoms with Crippen molar-refractivity contribution in [3.05, 3.63) is 59.7 Å². The molecule has 2 amide bonds. The summed E-state index contributed by atoms with van der Waals surface area (Å²) in [5.41, 5.74) is 3.74. The molecule has 8 nitrogen and oxygen atoms in total. The van der Waals surface area contributed by atoms with Crippen LogP contribution in [-0.4, -0.2) is 48.8 Å². The zero-order valence-corrected chi connectivity index (χ0v) is 21.4. The van der Waals surface area contributed by atoms with Gasteiger partial charge in [0.25, 0.3) is 0 Å². The van der Waals surface area contributed by atoms with E-state index in [2.05, 4.69) is 34.3 Å². The molecule has 8 heteroatoms. The normalized spacial score (nSPS) is 8.72. The Hall–Kier alpha value is -3.98. The predicted molar refractivity (Wildman–Crippen MR) is 143 cm³/mol. The minimum atomic E-state index is -0.409. The number of nitrogens with one attached hydrogen (secondary N) is 2. The Morgan fingerprint density at radius 3 is 1.44 bits per heavy atom. The minimum absolute atomic E-state index is 0.0781. The van der Waals surface area contributed by atoms with Crippen LogP contribution in [0.1, 0.15) is 37.8 Å². The summed E-state index contributed by atoms with van der Waals surface area (Å²) in [4.78, 5) is 22.0. The third-order valence-electron chi connectivity index (χ3n) is 3.79. The number of amides is 2. The molecule has 0 saturated heterocycles. The summed E-state index contributed by atoms with van der Waals surface area (Å²) in [5.74, 6) is 10.4. The number of hydrogen-bond donors (Lipinski definition) is 4. The maximum atomic E-state index is 11.0. The predicted octanol–water partition coefficient (Wildman–Crippen LogP) is 4.88. The molecule has 0 aromatic heterocycles. The van der Waals surface area contributed by atoms with Gasteiger partial charge in [-0.15, -0.1) is 0 Å². The average Bonchev–Trinajstić information content (AvgIpc) is 2.82. The van der Waals surface area contributed by atoms with Gasteiger partial charge in [-0.3, -0.25) is 10.6 Å². The SMILES string of the molecule is CCOC(=O)Nc1cccc(C)c1.CCOC(=O)Nc1cccc(C)c1.OCCC#CC#CCCO. The van der Waals surface area contributed by atoms with E-state index in [-0.39, 0.29) is 13.2 Å². The molecule has 2 rings (SSSR count). The number of aliphatic hydroxyl groups excluding tert-OH is 2. The number of benzene rings is 2. The van der Waals surface area contributed by atoms with E-state index in [0.29, 0.717) is 26.1 Å². The summed E-state index contributed by atoms with van der Waals surface area (Å²) in [6.07, 6.45) is 0.114. The van der Waals surface area contributed by atoms with Gasteiger partial charge in [0, 0.05) is 24.2 Å². The second kappa shape index (κ2) is 21.5. The molecule has 0 saturated carbocycles. The molecule has 0 spiro atoms. The number of ether oxygens (including phenoxy) is 2. The Bertz CT molecular complexity index is 948. The van der Waals surface area contributed by atoms with Gasteiger partial charge in [-0.1, -0.05) is 36.1 Å². The second-order valence-corrected chi connectivity index (χ2v) is 6.98. The minimum Gasteiger partial charge on any atom is -0.450 e. The third kappa shape index (κ3) is 18.4. The van der Waals surface area contributed by atoms with E-state index in [9.17, 15) is 9.59 Å². The molecule has 0 radical (unpaired) electrons. The third-order valence-corrected chi connectivity index (χ3v) is 3.79. The van der Waals surface area contributed by atoms with Crippen LogP contribution in [0.3, 0.4) is 0 Å². The van der Waals surface area contributed by atoms with Crippen LogP contribution in [0.15, 0.2) is 48.5 Å². The molecule has 36 heavy (non-hydrogen) atoms. The van der Waals surface area contributed by atoms with Gasteiger partial charge in [-0.05, 0) is 74.9 Å². The van der Waals surface area contributed by atoms with Gasteiger partial charge in [0.1, 0.15) is 0 Å². The van der Waals surface area contributed by atoms with Gasteiger partial charge < -0.3 is 19.7 Å². The zero-order chi connectivity index (χ0) is 27.0. The molecule has 0 bridgehead atoms. The molecule has 194 valence electrons. The van der Waals surface area contributed by atoms with Crippen molar-refractivity contribution in [2.24, 2.45) is 0 Å². The summed E-state index contributed by atoms with van der Waals surface area (Å²) >= 11 is 0. The van der Waals surface area contributed by atoms with Gasteiger partial charge in [0.2, 0.25) is 0 Å². The zero-order valence-electron chi connectivity index (χ0n) is 21.4. The summed E-state index contributed by atoms with van der Waals surface area (Å²) in [7, 11) is 0. The number of anilines is 2. The number of carbonyl (C=O) groups excluding carboxylic acids is 2. The lowest BCUT2D eigenvalue weighted by Gasteiger charge is -2.05. The van der Waals surface area contributed by atoms with Crippen LogP contribution in [0.25, 0.3) is 0 Å². The van der Waals surface area contributed by atoms with Crippen molar-refractivity contribution in [3.63, 3.8) is 0 Å². The standard InChI is InChI=1S/2C10H13NO2.C8H10O2/c2*1-3-13-10(12)11-9-6-4-5-8(2)7-9;9-7-5-3-1-2-4-6-8-10/h2*4-7H,3H2,1-2H3,(H,11,12);9-10H,5-8H2. The van der Waals surface area contributed by atoms with E-state index in [0.717, 1.165) is 22.5 Å². The monoisotopic (exact) mass is 496 g/mol. The molecular formula is C28H36N2O6. The van der Waals surface area contributed by atoms with Crippen LogP contribution in [0.4, 0.5) is 21.0 Å². The van der Waals surface area contributed by atoms with Crippen molar-refractivity contribution in [1.29, 1.82) is 0 Å². The summed E-state index contributed by atoms with van der Waals surface area (Å²) < 4.78 is 9.47. The van der Waals surface area contributed by atoms with Crippen LogP contribution in [-0.2, 0) is 9.47 Å². The quantitative estimate of drug-likeness (QED) is 0.423. The fourth-order valence-electron chi connectivity index (χ4n) is 2.34. The van der Waals surface area contributed by atoms with Gasteiger partial charge in [-0.25, -0.2) is 9.59 Å². The molecule has 0 unspecified atom stereocenters. The Morgan fingerprint density at radius 2 is 1.14 bits per heavy atom. The van der Waals surface area contributed by atoms with E-state index in [1.165, 1.54) is 0 Å². The molecule has 0 fully saturated rings. The molecule has 0 atom stereocenters. The molecule has 2 aromatic rings. The van der Waals surface area contributed by atoms with Crippen molar-refractivity contribution < 1.29 is 29.3 Å². The highest BCUT2D eigenvalue weighted by molar-refractivity contribution is 5.85. The summed E-state index contributed by atoms with van der Waals surface area (Å²) in [5, 5.41) is 21.8. The van der Waals surface area contributed by atoms with Gasteiger partial charge in [-0.2, -0.15) is 0 Å². The molecule has 0 aliphatic heterocycles. The number of aryl methyl sites for hydroxylation is 2. The van der Waals surface area contributed by atoms with E-state index in [4.69, 9.17) is 19.7 Å². The van der Waals surface area contributed by atoms with Crippen molar-refractivity contribution in [2.45, 2.75) is 40.5 Å². The molecule has 0 aliphatic carbocycles. The first-order valence-corrected chi connectivity index (χ1v) is 11.5. The van der Waals surface area contributed by atoms with Crippen LogP contribution >= 0.6 is 0 Å². The number of rotatable bonds is 6. The summed E-state index contributed by atoms with van der Waals surface area (Å²) in [6.45, 7) is 8.41. The molecule has 0 heterocycles. The highest BCUT2D eigenvalue weighted by Gasteiger charge is 2.01. The first-order chi connectivity index (χ1) is 17.4. The molecule has 0 aliphatic rings. The molecular weight excluding hydrogens is 460 g/mol. The Balaban J connectivity index is 0.000000517. The van der Waals surface area contributed by atoms with Crippen molar-refractivity contribution in [2.75, 3.05) is 37.1 Å². The average molecular weight is 497 g/mol. The highest BCUT2D eigenvalue weighted by atomic mass is 16.6. The number of hydrogen-bond acceptors (Lipinski definition) is 6. The maximum Gasteiger partial charge on any atom is 0.411 e. The summed E-state index contributed by atoms with van der Waals surface area (Å²) in [6, 6.07) is 15.1. The highest BCUT2D eigenvalue weighted by Crippen LogP contribution is 2.10. The van der Waals surface area contributed by atoms with Crippen molar-refractivity contribution in [1.82, 2.24) is 0 Å². The fraction of sp³-hybridized carbons (Fsp3) is 0.357. The molecule has 4 N–H and O–H groups in total. The van der Waals surface area contributed by atoms with Crippen LogP contribution in [0.5, 0.6) is 0 Å². The Labute approximate surface area is 214 Å². The lowest BCUT2D eigenvalue weighted by Crippen LogP contribution is -2.13. The van der Waals surface area contributed by atoms with Crippen LogP contribution in [0, 0.1) is 37.5 Å². The fourth-order valence-corrected chi connectivity index (χ4v) is 2.34. The van der Waals surface area contributed by atoms with E-state index in [1.807, 2.05) is 62.4 Å². The van der Waals surface area contributed by atoms with Crippen molar-refractivity contribution >= 4 is 23.6 Å². The largest absolute Gasteiger partial charge is 0.450 e. The second-order valence-electron chi connectivity index (χ2n) is 6.98. The van der Waals surface area contributed by atoms with Gasteiger partial charge in [0.15, 0.2) is 0 Å². The number of aliphatic hydroxyl groups is 2. The Kier molecular flexibility index (Phi) is 19.2. The van der Waals surface area contributed by atoms with Gasteiger partial charge in [0.05, 0.1) is 26.4 Å². The van der Waals surface area contributed by atoms with E-state index in [1.54, 1.807) is 13.8 Å². The Morgan fingerprint density at radius 1 is 0.750 bits per heavy atom. The first-order valence-electron chi connectivity index (χ1n) is 11.5. The van der Waals surface area contributed by atoms with Crippen LogP contribution < -0.4 is 10.6 Å². The topological polar surface area (TPSA) is 117 Å². The lowest BCUT2D eigenvalue weighted by molar-refractivity contribution is 0.167. The number of carbonyl (C=O) groups is 2. The maximum absolute atomic E-state index is 11.0. The van der Waals surface area contributed by atoms with E-state index >= 15 is 0 Å². The van der Waals surface area contributed by atoms with E-state index < -0.39 is 12.2 Å². The first kappa shape index (κ1) is 32.0. The van der Waals surface area contributed by atoms with Gasteiger partial charge >= 0.3 is 12.2 Å². The molecule has 2 aromatic carbocycles. The van der Waals surface area contributed by atoms with Crippen LogP contribution in [0.2, 0.25) is 0 Å². The van der Waals surface area contributed by atoms with Crippen molar-refractivity contribution in [3.8, 4) is 23.7 Å².